The van der Waals surface area contributed by atoms with Gasteiger partial charge in [-0.05, 0) is 49.1 Å². The van der Waals surface area contributed by atoms with Gasteiger partial charge in [-0.2, -0.15) is 5.10 Å². The number of aromatic nitrogens is 2. The van der Waals surface area contributed by atoms with Gasteiger partial charge in [0.25, 0.3) is 5.91 Å². The highest BCUT2D eigenvalue weighted by molar-refractivity contribution is 5.95. The van der Waals surface area contributed by atoms with Crippen molar-refractivity contribution in [2.24, 2.45) is 0 Å². The number of rotatable bonds is 7. The van der Waals surface area contributed by atoms with E-state index in [1.165, 1.54) is 0 Å². The molecule has 1 amide bonds. The summed E-state index contributed by atoms with van der Waals surface area (Å²) >= 11 is 0. The number of ether oxygens (including phenoxy) is 1. The van der Waals surface area contributed by atoms with Crippen molar-refractivity contribution in [1.29, 1.82) is 0 Å². The Kier molecular flexibility index (Phi) is 5.42. The first-order valence-corrected chi connectivity index (χ1v) is 9.85. The smallest absolute Gasteiger partial charge is 0.338 e. The fraction of sp³-hybridized carbons (Fsp3) is 0.261. The van der Waals surface area contributed by atoms with Crippen molar-refractivity contribution in [1.82, 2.24) is 9.78 Å². The molecule has 0 aliphatic heterocycles. The zero-order valence-electron chi connectivity index (χ0n) is 16.3. The van der Waals surface area contributed by atoms with Gasteiger partial charge in [-0.25, -0.2) is 9.48 Å². The van der Waals surface area contributed by atoms with Crippen LogP contribution >= 0.6 is 0 Å². The van der Waals surface area contributed by atoms with E-state index in [0.29, 0.717) is 17.3 Å². The van der Waals surface area contributed by atoms with Crippen LogP contribution in [0.15, 0.2) is 60.7 Å². The molecule has 6 heteroatoms. The number of hydrogen-bond donors (Lipinski definition) is 1. The number of nitrogens with zero attached hydrogens (tertiary/aromatic N) is 2. The highest BCUT2D eigenvalue weighted by atomic mass is 16.5. The van der Waals surface area contributed by atoms with Crippen LogP contribution in [0.25, 0.3) is 5.69 Å². The van der Waals surface area contributed by atoms with Gasteiger partial charge in [0.1, 0.15) is 5.82 Å². The van der Waals surface area contributed by atoms with Gasteiger partial charge in [0.05, 0.1) is 16.9 Å². The van der Waals surface area contributed by atoms with E-state index in [1.807, 2.05) is 55.5 Å². The highest BCUT2D eigenvalue weighted by Crippen LogP contribution is 2.40. The summed E-state index contributed by atoms with van der Waals surface area (Å²) in [5, 5.41) is 7.47. The molecule has 0 atom stereocenters. The van der Waals surface area contributed by atoms with Crippen LogP contribution in [0.5, 0.6) is 0 Å². The minimum Gasteiger partial charge on any atom is -0.452 e. The van der Waals surface area contributed by atoms with E-state index in [4.69, 9.17) is 4.74 Å². The molecule has 1 aliphatic carbocycles. The lowest BCUT2D eigenvalue weighted by molar-refractivity contribution is -0.119. The van der Waals surface area contributed by atoms with Gasteiger partial charge in [-0.3, -0.25) is 4.79 Å². The third-order valence-electron chi connectivity index (χ3n) is 4.92. The monoisotopic (exact) mass is 389 g/mol. The molecule has 3 aromatic rings. The summed E-state index contributed by atoms with van der Waals surface area (Å²) < 4.78 is 6.89. The van der Waals surface area contributed by atoms with Crippen LogP contribution in [0, 0.1) is 0 Å². The lowest BCUT2D eigenvalue weighted by Gasteiger charge is -2.09. The molecule has 1 aliphatic rings. The first-order valence-electron chi connectivity index (χ1n) is 9.85. The molecule has 1 N–H and O–H groups in total. The predicted octanol–water partition coefficient (Wildman–Crippen LogP) is 4.11. The number of hydrogen-bond acceptors (Lipinski definition) is 4. The standard InChI is InChI=1S/C23H23N3O3/c1-2-16-8-10-18(11-9-16)23(28)29-15-22(27)24-21-14-20(17-12-13-17)25-26(21)19-6-4-3-5-7-19/h3-11,14,17H,2,12-13,15H2,1H3,(H,24,27). The van der Waals surface area contributed by atoms with Gasteiger partial charge >= 0.3 is 5.97 Å². The summed E-state index contributed by atoms with van der Waals surface area (Å²) in [6.07, 6.45) is 3.14. The average molecular weight is 389 g/mol. The number of nitrogens with one attached hydrogen (secondary N) is 1. The first-order chi connectivity index (χ1) is 14.1. The third kappa shape index (κ3) is 4.54. The zero-order valence-corrected chi connectivity index (χ0v) is 16.3. The van der Waals surface area contributed by atoms with Crippen molar-refractivity contribution in [3.63, 3.8) is 0 Å². The molecular formula is C23H23N3O3. The van der Waals surface area contributed by atoms with Crippen LogP contribution in [-0.4, -0.2) is 28.3 Å². The van der Waals surface area contributed by atoms with Gasteiger partial charge in [0, 0.05) is 12.0 Å². The Hall–Kier alpha value is -3.41. The molecular weight excluding hydrogens is 366 g/mol. The Labute approximate surface area is 169 Å². The molecule has 1 aromatic heterocycles. The van der Waals surface area contributed by atoms with Gasteiger partial charge < -0.3 is 10.1 Å². The summed E-state index contributed by atoms with van der Waals surface area (Å²) in [6, 6.07) is 18.7. The lowest BCUT2D eigenvalue weighted by atomic mass is 10.1. The Bertz CT molecular complexity index is 1010. The molecule has 0 saturated heterocycles. The van der Waals surface area contributed by atoms with Crippen LogP contribution in [0.4, 0.5) is 5.82 Å². The molecule has 0 radical (unpaired) electrons. The third-order valence-corrected chi connectivity index (χ3v) is 4.92. The van der Waals surface area contributed by atoms with Crippen molar-refractivity contribution < 1.29 is 14.3 Å². The molecule has 1 fully saturated rings. The van der Waals surface area contributed by atoms with Gasteiger partial charge in [-0.15, -0.1) is 0 Å². The van der Waals surface area contributed by atoms with E-state index in [2.05, 4.69) is 10.4 Å². The molecule has 148 valence electrons. The largest absolute Gasteiger partial charge is 0.452 e. The Morgan fingerprint density at radius 2 is 1.83 bits per heavy atom. The number of amides is 1. The molecule has 29 heavy (non-hydrogen) atoms. The number of aryl methyl sites for hydroxylation is 1. The summed E-state index contributed by atoms with van der Waals surface area (Å²) in [7, 11) is 0. The van der Waals surface area contributed by atoms with E-state index >= 15 is 0 Å². The van der Waals surface area contributed by atoms with Crippen molar-refractivity contribution in [2.75, 3.05) is 11.9 Å². The summed E-state index contributed by atoms with van der Waals surface area (Å²) in [5.74, 6) is 0.118. The molecule has 1 saturated carbocycles. The normalized spacial score (nSPS) is 13.1. The number of carbonyl (C=O) groups is 2. The Balaban J connectivity index is 1.42. The van der Waals surface area contributed by atoms with Gasteiger partial charge in [0.15, 0.2) is 6.61 Å². The topological polar surface area (TPSA) is 73.2 Å². The fourth-order valence-corrected chi connectivity index (χ4v) is 3.10. The Morgan fingerprint density at radius 1 is 1.10 bits per heavy atom. The van der Waals surface area contributed by atoms with Crippen LogP contribution < -0.4 is 5.32 Å². The minimum absolute atomic E-state index is 0.354. The van der Waals surface area contributed by atoms with Gasteiger partial charge in [-0.1, -0.05) is 37.3 Å². The average Bonchev–Trinajstić information content (AvgIpc) is 3.53. The quantitative estimate of drug-likeness (QED) is 0.617. The number of para-hydroxylation sites is 1. The molecule has 0 spiro atoms. The maximum absolute atomic E-state index is 12.4. The van der Waals surface area contributed by atoms with Gasteiger partial charge in [0.2, 0.25) is 0 Å². The van der Waals surface area contributed by atoms with Crippen molar-refractivity contribution in [3.8, 4) is 5.69 Å². The van der Waals surface area contributed by atoms with E-state index in [0.717, 1.165) is 36.2 Å². The second kappa shape index (κ2) is 8.31. The first kappa shape index (κ1) is 18.9. The van der Waals surface area contributed by atoms with Crippen molar-refractivity contribution in [2.45, 2.75) is 32.1 Å². The molecule has 0 bridgehead atoms. The zero-order chi connectivity index (χ0) is 20.2. The second-order valence-electron chi connectivity index (χ2n) is 7.15. The van der Waals surface area contributed by atoms with E-state index < -0.39 is 11.9 Å². The molecule has 6 nitrogen and oxygen atoms in total. The van der Waals surface area contributed by atoms with E-state index in [9.17, 15) is 9.59 Å². The number of benzene rings is 2. The minimum atomic E-state index is -0.516. The highest BCUT2D eigenvalue weighted by Gasteiger charge is 2.28. The summed E-state index contributed by atoms with van der Waals surface area (Å²) in [6.45, 7) is 1.69. The van der Waals surface area contributed by atoms with Crippen LogP contribution in [0.3, 0.4) is 0 Å². The fourth-order valence-electron chi connectivity index (χ4n) is 3.10. The van der Waals surface area contributed by atoms with Crippen molar-refractivity contribution >= 4 is 17.7 Å². The molecule has 1 heterocycles. The van der Waals surface area contributed by atoms with Crippen LogP contribution in [0.2, 0.25) is 0 Å². The number of carbonyl (C=O) groups excluding carboxylic acids is 2. The summed E-state index contributed by atoms with van der Waals surface area (Å²) in [5.41, 5.74) is 3.40. The predicted molar refractivity (Wildman–Crippen MR) is 110 cm³/mol. The molecule has 4 rings (SSSR count). The van der Waals surface area contributed by atoms with E-state index in [-0.39, 0.29) is 6.61 Å². The second-order valence-corrected chi connectivity index (χ2v) is 7.15. The summed E-state index contributed by atoms with van der Waals surface area (Å²) in [4.78, 5) is 24.6. The van der Waals surface area contributed by atoms with Crippen LogP contribution in [-0.2, 0) is 16.0 Å². The maximum Gasteiger partial charge on any atom is 0.338 e. The van der Waals surface area contributed by atoms with Crippen molar-refractivity contribution in [3.05, 3.63) is 77.5 Å². The number of esters is 1. The lowest BCUT2D eigenvalue weighted by Crippen LogP contribution is -2.22. The van der Waals surface area contributed by atoms with Crippen LogP contribution in [0.1, 0.15) is 47.3 Å². The molecule has 0 unspecified atom stereocenters. The molecule has 2 aromatic carbocycles. The number of anilines is 1. The van der Waals surface area contributed by atoms with E-state index in [1.54, 1.807) is 16.8 Å². The SMILES string of the molecule is CCc1ccc(C(=O)OCC(=O)Nc2cc(C3CC3)nn2-c2ccccc2)cc1. The maximum atomic E-state index is 12.4. The Morgan fingerprint density at radius 3 is 2.48 bits per heavy atom.